The summed E-state index contributed by atoms with van der Waals surface area (Å²) in [4.78, 5) is 11.9. The van der Waals surface area contributed by atoms with Gasteiger partial charge in [-0.3, -0.25) is 4.79 Å². The number of carbonyl (C=O) groups excluding carboxylic acids is 1. The zero-order chi connectivity index (χ0) is 16.4. The molecule has 22 heavy (non-hydrogen) atoms. The van der Waals surface area contributed by atoms with Gasteiger partial charge in [-0.2, -0.15) is 0 Å². The topological polar surface area (TPSA) is 47.6 Å². The number of hydrogen-bond donors (Lipinski definition) is 1. The number of nitrogens with one attached hydrogen (secondary N) is 1. The smallest absolute Gasteiger partial charge is 0.307 e. The maximum absolute atomic E-state index is 11.9. The molecule has 0 bridgehead atoms. The first kappa shape index (κ1) is 17.7. The number of rotatable bonds is 6. The molecule has 2 saturated carbocycles. The predicted molar refractivity (Wildman–Crippen MR) is 87.8 cm³/mol. The lowest BCUT2D eigenvalue weighted by molar-refractivity contribution is -0.156. The van der Waals surface area contributed by atoms with Gasteiger partial charge in [0.2, 0.25) is 0 Å². The summed E-state index contributed by atoms with van der Waals surface area (Å²) in [7, 11) is 0. The molecular formula is C18H33NO3. The van der Waals surface area contributed by atoms with Gasteiger partial charge < -0.3 is 14.8 Å². The summed E-state index contributed by atoms with van der Waals surface area (Å²) in [6.07, 6.45) is 7.05. The van der Waals surface area contributed by atoms with Crippen LogP contribution in [0.2, 0.25) is 0 Å². The van der Waals surface area contributed by atoms with Crippen LogP contribution in [0.1, 0.15) is 73.1 Å². The lowest BCUT2D eigenvalue weighted by Crippen LogP contribution is -2.64. The molecule has 4 heteroatoms. The molecule has 0 heterocycles. The quantitative estimate of drug-likeness (QED) is 0.763. The van der Waals surface area contributed by atoms with Crippen LogP contribution in [-0.4, -0.2) is 36.4 Å². The van der Waals surface area contributed by atoms with Gasteiger partial charge in [0.1, 0.15) is 5.60 Å². The monoisotopic (exact) mass is 311 g/mol. The Hall–Kier alpha value is -0.610. The van der Waals surface area contributed by atoms with Crippen molar-refractivity contribution in [1.29, 1.82) is 0 Å². The van der Waals surface area contributed by atoms with Crippen molar-refractivity contribution in [2.24, 2.45) is 5.41 Å². The van der Waals surface area contributed by atoms with Crippen LogP contribution in [-0.2, 0) is 14.3 Å². The second-order valence-corrected chi connectivity index (χ2v) is 8.03. The first-order valence-electron chi connectivity index (χ1n) is 8.86. The van der Waals surface area contributed by atoms with Gasteiger partial charge in [0.05, 0.1) is 12.5 Å². The van der Waals surface area contributed by atoms with Crippen LogP contribution in [0.4, 0.5) is 0 Å². The van der Waals surface area contributed by atoms with Crippen molar-refractivity contribution in [3.8, 4) is 0 Å². The first-order valence-corrected chi connectivity index (χ1v) is 8.86. The van der Waals surface area contributed by atoms with Crippen LogP contribution in [0, 0.1) is 5.41 Å². The summed E-state index contributed by atoms with van der Waals surface area (Å²) in [5.41, 5.74) is -0.0851. The maximum atomic E-state index is 11.9. The van der Waals surface area contributed by atoms with E-state index in [-0.39, 0.29) is 12.0 Å². The average molecular weight is 311 g/mol. The molecule has 0 aromatic rings. The molecular weight excluding hydrogens is 278 g/mol. The highest BCUT2D eigenvalue weighted by molar-refractivity contribution is 5.70. The molecule has 2 rings (SSSR count). The molecule has 0 radical (unpaired) electrons. The Bertz CT molecular complexity index is 382. The molecule has 0 amide bonds. The molecule has 0 aliphatic heterocycles. The van der Waals surface area contributed by atoms with E-state index in [0.29, 0.717) is 24.0 Å². The number of esters is 1. The molecule has 3 atom stereocenters. The zero-order valence-corrected chi connectivity index (χ0v) is 14.9. The van der Waals surface area contributed by atoms with Crippen molar-refractivity contribution < 1.29 is 14.3 Å². The lowest BCUT2D eigenvalue weighted by Gasteiger charge is -2.55. The number of carbonyl (C=O) groups is 1. The molecule has 1 N–H and O–H groups in total. The van der Waals surface area contributed by atoms with Gasteiger partial charge in [-0.15, -0.1) is 0 Å². The van der Waals surface area contributed by atoms with Crippen LogP contribution in [0.25, 0.3) is 0 Å². The molecule has 128 valence electrons. The van der Waals surface area contributed by atoms with E-state index in [2.05, 4.69) is 19.2 Å². The van der Waals surface area contributed by atoms with E-state index in [1.165, 1.54) is 25.7 Å². The van der Waals surface area contributed by atoms with Crippen molar-refractivity contribution >= 4 is 5.97 Å². The fourth-order valence-electron chi connectivity index (χ4n) is 4.16. The Labute approximate surface area is 135 Å². The molecule has 0 aromatic carbocycles. The first-order chi connectivity index (χ1) is 10.3. The van der Waals surface area contributed by atoms with Gasteiger partial charge in [-0.25, -0.2) is 0 Å². The van der Waals surface area contributed by atoms with Crippen molar-refractivity contribution in [3.05, 3.63) is 0 Å². The van der Waals surface area contributed by atoms with E-state index >= 15 is 0 Å². The van der Waals surface area contributed by atoms with Gasteiger partial charge in [0, 0.05) is 24.1 Å². The predicted octanol–water partition coefficient (Wildman–Crippen LogP) is 3.43. The maximum Gasteiger partial charge on any atom is 0.307 e. The van der Waals surface area contributed by atoms with Gasteiger partial charge in [0.25, 0.3) is 0 Å². The van der Waals surface area contributed by atoms with Crippen molar-refractivity contribution in [1.82, 2.24) is 5.32 Å². The molecule has 0 saturated heterocycles. The van der Waals surface area contributed by atoms with Gasteiger partial charge in [-0.1, -0.05) is 12.8 Å². The third-order valence-electron chi connectivity index (χ3n) is 5.07. The molecule has 2 aliphatic rings. The second-order valence-electron chi connectivity index (χ2n) is 8.03. The third-order valence-corrected chi connectivity index (χ3v) is 5.07. The summed E-state index contributed by atoms with van der Waals surface area (Å²) in [6, 6.07) is 0.642. The highest BCUT2D eigenvalue weighted by Gasteiger charge is 2.56. The fourth-order valence-corrected chi connectivity index (χ4v) is 4.16. The number of ether oxygens (including phenoxy) is 2. The van der Waals surface area contributed by atoms with Gasteiger partial charge >= 0.3 is 5.97 Å². The molecule has 1 spiro atoms. The SMILES string of the molecule is CCOC1CC(NC(C)CC(=O)OC(C)(C)C)C12CCCC2. The van der Waals surface area contributed by atoms with Crippen LogP contribution in [0.5, 0.6) is 0 Å². The fraction of sp³-hybridized carbons (Fsp3) is 0.944. The Morgan fingerprint density at radius 3 is 2.50 bits per heavy atom. The van der Waals surface area contributed by atoms with E-state index in [0.717, 1.165) is 13.0 Å². The van der Waals surface area contributed by atoms with E-state index in [1.807, 2.05) is 20.8 Å². The minimum Gasteiger partial charge on any atom is -0.460 e. The molecule has 4 nitrogen and oxygen atoms in total. The highest BCUT2D eigenvalue weighted by atomic mass is 16.6. The van der Waals surface area contributed by atoms with Crippen LogP contribution in [0.3, 0.4) is 0 Å². The largest absolute Gasteiger partial charge is 0.460 e. The van der Waals surface area contributed by atoms with Crippen LogP contribution < -0.4 is 5.32 Å². The van der Waals surface area contributed by atoms with Gasteiger partial charge in [0.15, 0.2) is 0 Å². The molecule has 2 fully saturated rings. The third kappa shape index (κ3) is 4.02. The Kier molecular flexibility index (Phi) is 5.54. The normalized spacial score (nSPS) is 28.4. The zero-order valence-electron chi connectivity index (χ0n) is 14.9. The van der Waals surface area contributed by atoms with Crippen molar-refractivity contribution in [3.63, 3.8) is 0 Å². The minimum absolute atomic E-state index is 0.117. The average Bonchev–Trinajstić information content (AvgIpc) is 2.87. The standard InChI is InChI=1S/C18H33NO3/c1-6-21-15-12-14(18(15)9-7-8-10-18)19-13(2)11-16(20)22-17(3,4)5/h13-15,19H,6-12H2,1-5H3. The molecule has 2 aliphatic carbocycles. The molecule has 0 aromatic heterocycles. The number of hydrogen-bond acceptors (Lipinski definition) is 4. The van der Waals surface area contributed by atoms with Gasteiger partial charge in [-0.05, 0) is 53.9 Å². The van der Waals surface area contributed by atoms with E-state index in [4.69, 9.17) is 9.47 Å². The molecule has 3 unspecified atom stereocenters. The van der Waals surface area contributed by atoms with Crippen LogP contribution >= 0.6 is 0 Å². The second kappa shape index (κ2) is 6.88. The Balaban J connectivity index is 1.84. The summed E-state index contributed by atoms with van der Waals surface area (Å²) in [5.74, 6) is -0.117. The summed E-state index contributed by atoms with van der Waals surface area (Å²) in [5, 5.41) is 3.67. The van der Waals surface area contributed by atoms with E-state index < -0.39 is 5.60 Å². The Morgan fingerprint density at radius 1 is 1.32 bits per heavy atom. The highest BCUT2D eigenvalue weighted by Crippen LogP contribution is 2.54. The van der Waals surface area contributed by atoms with Crippen molar-refractivity contribution in [2.45, 2.75) is 96.9 Å². The minimum atomic E-state index is -0.403. The Morgan fingerprint density at radius 2 is 1.95 bits per heavy atom. The van der Waals surface area contributed by atoms with Crippen molar-refractivity contribution in [2.75, 3.05) is 6.61 Å². The summed E-state index contributed by atoms with van der Waals surface area (Å²) < 4.78 is 11.4. The van der Waals surface area contributed by atoms with Crippen LogP contribution in [0.15, 0.2) is 0 Å². The summed E-state index contributed by atoms with van der Waals surface area (Å²) >= 11 is 0. The van der Waals surface area contributed by atoms with E-state index in [1.54, 1.807) is 0 Å². The summed E-state index contributed by atoms with van der Waals surface area (Å²) in [6.45, 7) is 10.7. The lowest BCUT2D eigenvalue weighted by atomic mass is 9.60. The van der Waals surface area contributed by atoms with E-state index in [9.17, 15) is 4.79 Å².